The van der Waals surface area contributed by atoms with Crippen LogP contribution in [-0.4, -0.2) is 40.6 Å². The molecule has 2 aromatic rings. The van der Waals surface area contributed by atoms with Gasteiger partial charge in [0.2, 0.25) is 0 Å². The molecule has 5 nitrogen and oxygen atoms in total. The summed E-state index contributed by atoms with van der Waals surface area (Å²) >= 11 is 0. The monoisotopic (exact) mass is 325 g/mol. The van der Waals surface area contributed by atoms with Crippen molar-refractivity contribution in [2.24, 2.45) is 0 Å². The molecule has 0 radical (unpaired) electrons. The van der Waals surface area contributed by atoms with Crippen molar-refractivity contribution in [3.05, 3.63) is 60.7 Å². The van der Waals surface area contributed by atoms with Gasteiger partial charge in [-0.3, -0.25) is 4.90 Å². The van der Waals surface area contributed by atoms with Crippen LogP contribution in [0.1, 0.15) is 13.8 Å². The Balaban J connectivity index is 2.16. The summed E-state index contributed by atoms with van der Waals surface area (Å²) < 4.78 is 0.0123. The van der Waals surface area contributed by atoms with Crippen LogP contribution in [0.5, 0.6) is 0 Å². The Morgan fingerprint density at radius 2 is 1.46 bits per heavy atom. The van der Waals surface area contributed by atoms with Gasteiger partial charge in [0.25, 0.3) is 0 Å². The first kappa shape index (κ1) is 16.2. The van der Waals surface area contributed by atoms with Gasteiger partial charge in [0.1, 0.15) is 23.5 Å². The lowest BCUT2D eigenvalue weighted by atomic mass is 10.0. The standard InChI is InChI=1S/C19H20N2O3/c1-19(2,17(22)23)20-13-14-21(18(20)24,15-9-5-3-6-10-15)16-11-7-4-8-12-16/h3-12H,13-14H2,1-2H3/p+1. The number of carbonyl (C=O) groups is 2. The lowest BCUT2D eigenvalue weighted by molar-refractivity contribution is -0.147. The summed E-state index contributed by atoms with van der Waals surface area (Å²) in [6, 6.07) is 18.9. The van der Waals surface area contributed by atoms with Crippen molar-refractivity contribution in [2.75, 3.05) is 13.1 Å². The second-order valence-electron chi connectivity index (χ2n) is 6.50. The number of rotatable bonds is 4. The van der Waals surface area contributed by atoms with Gasteiger partial charge in [0, 0.05) is 24.3 Å². The lowest BCUT2D eigenvalue weighted by Gasteiger charge is -2.33. The average Bonchev–Trinajstić information content (AvgIpc) is 2.95. The minimum atomic E-state index is -1.25. The predicted octanol–water partition coefficient (Wildman–Crippen LogP) is 3.62. The molecule has 1 fully saturated rings. The molecule has 1 heterocycles. The van der Waals surface area contributed by atoms with Gasteiger partial charge in [-0.2, -0.15) is 4.48 Å². The second kappa shape index (κ2) is 5.76. The van der Waals surface area contributed by atoms with Crippen molar-refractivity contribution in [1.82, 2.24) is 9.38 Å². The fourth-order valence-corrected chi connectivity index (χ4v) is 3.27. The molecule has 3 rings (SSSR count). The van der Waals surface area contributed by atoms with E-state index in [1.165, 1.54) is 4.90 Å². The Morgan fingerprint density at radius 3 is 1.88 bits per heavy atom. The molecule has 1 N–H and O–H groups in total. The Labute approximate surface area is 141 Å². The maximum Gasteiger partial charge on any atom is 0.430 e. The molecule has 0 saturated carbocycles. The largest absolute Gasteiger partial charge is 0.480 e. The predicted molar refractivity (Wildman–Crippen MR) is 93.0 cm³/mol. The van der Waals surface area contributed by atoms with Crippen LogP contribution in [0, 0.1) is 0 Å². The van der Waals surface area contributed by atoms with E-state index in [9.17, 15) is 14.7 Å². The molecule has 1 saturated heterocycles. The molecule has 0 spiro atoms. The molecular formula is C19H21N2O3+. The van der Waals surface area contributed by atoms with Crippen molar-refractivity contribution >= 4 is 23.4 Å². The van der Waals surface area contributed by atoms with Crippen LogP contribution in [0.3, 0.4) is 0 Å². The van der Waals surface area contributed by atoms with Crippen LogP contribution in [0.4, 0.5) is 16.2 Å². The number of para-hydroxylation sites is 2. The molecule has 0 aromatic heterocycles. The summed E-state index contributed by atoms with van der Waals surface area (Å²) in [5, 5.41) is 9.53. The summed E-state index contributed by atoms with van der Waals surface area (Å²) in [6.07, 6.45) is 0. The minimum Gasteiger partial charge on any atom is -0.480 e. The molecule has 0 bridgehead atoms. The first-order chi connectivity index (χ1) is 11.4. The number of nitrogens with zero attached hydrogens (tertiary/aromatic N) is 2. The number of aliphatic carboxylic acids is 1. The third-order valence-electron chi connectivity index (χ3n) is 4.81. The zero-order valence-electron chi connectivity index (χ0n) is 13.8. The number of hydrogen-bond acceptors (Lipinski definition) is 2. The Hall–Kier alpha value is -2.66. The number of carbonyl (C=O) groups excluding carboxylic acids is 1. The molecule has 0 aliphatic carbocycles. The Bertz CT molecular complexity index is 717. The van der Waals surface area contributed by atoms with Crippen molar-refractivity contribution < 1.29 is 14.7 Å². The molecule has 0 atom stereocenters. The maximum atomic E-state index is 13.4. The molecule has 124 valence electrons. The molecule has 1 aliphatic rings. The SMILES string of the molecule is CC(C)(C(=O)O)N1CC[N+](c2ccccc2)(c2ccccc2)C1=O. The van der Waals surface area contributed by atoms with Gasteiger partial charge >= 0.3 is 12.0 Å². The zero-order valence-corrected chi connectivity index (χ0v) is 13.8. The van der Waals surface area contributed by atoms with E-state index in [4.69, 9.17) is 0 Å². The molecule has 2 amide bonds. The van der Waals surface area contributed by atoms with Crippen molar-refractivity contribution in [1.29, 1.82) is 0 Å². The summed E-state index contributed by atoms with van der Waals surface area (Å²) in [4.78, 5) is 26.5. The van der Waals surface area contributed by atoms with E-state index in [0.29, 0.717) is 13.1 Å². The lowest BCUT2D eigenvalue weighted by Crippen LogP contribution is -2.55. The number of urea groups is 1. The van der Waals surface area contributed by atoms with Gasteiger partial charge in [-0.25, -0.2) is 9.59 Å². The number of amides is 2. The zero-order chi connectivity index (χ0) is 17.4. The average molecular weight is 325 g/mol. The highest BCUT2D eigenvalue weighted by molar-refractivity contribution is 5.98. The van der Waals surface area contributed by atoms with Crippen LogP contribution in [0.2, 0.25) is 0 Å². The normalized spacial score (nSPS) is 17.1. The summed E-state index contributed by atoms with van der Waals surface area (Å²) in [7, 11) is 0. The number of carboxylic acids is 1. The third kappa shape index (κ3) is 2.29. The number of hydrogen-bond donors (Lipinski definition) is 1. The van der Waals surface area contributed by atoms with Crippen LogP contribution >= 0.6 is 0 Å². The van der Waals surface area contributed by atoms with Crippen molar-refractivity contribution in [3.63, 3.8) is 0 Å². The quantitative estimate of drug-likeness (QED) is 0.873. The number of carboxylic acid groups (broad SMARTS) is 1. The van der Waals surface area contributed by atoms with E-state index in [1.807, 2.05) is 60.7 Å². The number of benzene rings is 2. The highest BCUT2D eigenvalue weighted by atomic mass is 16.4. The van der Waals surface area contributed by atoms with E-state index in [2.05, 4.69) is 0 Å². The topological polar surface area (TPSA) is 57.6 Å². The smallest absolute Gasteiger partial charge is 0.430 e. The van der Waals surface area contributed by atoms with E-state index in [1.54, 1.807) is 13.8 Å². The highest BCUT2D eigenvalue weighted by Crippen LogP contribution is 2.40. The van der Waals surface area contributed by atoms with Gasteiger partial charge in [0.15, 0.2) is 0 Å². The summed E-state index contributed by atoms with van der Waals surface area (Å²) in [5.74, 6) is -1.00. The van der Waals surface area contributed by atoms with Crippen LogP contribution in [0.25, 0.3) is 0 Å². The molecule has 2 aromatic carbocycles. The van der Waals surface area contributed by atoms with Gasteiger partial charge in [0.05, 0.1) is 6.54 Å². The van der Waals surface area contributed by atoms with E-state index in [-0.39, 0.29) is 10.5 Å². The molecule has 24 heavy (non-hydrogen) atoms. The van der Waals surface area contributed by atoms with Crippen LogP contribution in [0.15, 0.2) is 60.7 Å². The van der Waals surface area contributed by atoms with Crippen LogP contribution < -0.4 is 4.48 Å². The molecular weight excluding hydrogens is 304 g/mol. The van der Waals surface area contributed by atoms with Crippen LogP contribution in [-0.2, 0) is 4.79 Å². The first-order valence-electron chi connectivity index (χ1n) is 7.95. The van der Waals surface area contributed by atoms with Gasteiger partial charge in [-0.05, 0) is 13.8 Å². The fourth-order valence-electron chi connectivity index (χ4n) is 3.27. The highest BCUT2D eigenvalue weighted by Gasteiger charge is 2.56. The van der Waals surface area contributed by atoms with Crippen molar-refractivity contribution in [2.45, 2.75) is 19.4 Å². The molecule has 5 heteroatoms. The van der Waals surface area contributed by atoms with Crippen molar-refractivity contribution in [3.8, 4) is 0 Å². The third-order valence-corrected chi connectivity index (χ3v) is 4.81. The molecule has 0 unspecified atom stereocenters. The second-order valence-corrected chi connectivity index (χ2v) is 6.50. The summed E-state index contributed by atoms with van der Waals surface area (Å²) in [5.41, 5.74) is 0.440. The van der Waals surface area contributed by atoms with Gasteiger partial charge in [-0.15, -0.1) is 0 Å². The minimum absolute atomic E-state index is 0.0123. The maximum absolute atomic E-state index is 13.4. The van der Waals surface area contributed by atoms with E-state index in [0.717, 1.165) is 11.4 Å². The Morgan fingerprint density at radius 1 is 1.00 bits per heavy atom. The Kier molecular flexibility index (Phi) is 3.89. The van der Waals surface area contributed by atoms with Gasteiger partial charge in [-0.1, -0.05) is 36.4 Å². The molecule has 1 aliphatic heterocycles. The van der Waals surface area contributed by atoms with E-state index < -0.39 is 11.5 Å². The first-order valence-corrected chi connectivity index (χ1v) is 7.95. The number of quaternary nitrogens is 1. The fraction of sp³-hybridized carbons (Fsp3) is 0.263. The van der Waals surface area contributed by atoms with E-state index >= 15 is 0 Å². The summed E-state index contributed by atoms with van der Waals surface area (Å²) in [6.45, 7) is 4.04. The van der Waals surface area contributed by atoms with Gasteiger partial charge < -0.3 is 5.11 Å².